The number of sulfonamides is 1. The third kappa shape index (κ3) is 2.93. The molecule has 3 rings (SSSR count). The SMILES string of the molecule is CCCc1ccc(S(=O)(=O)N2CCN(C)c3ccccc32)cc1. The smallest absolute Gasteiger partial charge is 0.264 e. The van der Waals surface area contributed by atoms with Crippen molar-refractivity contribution in [1.82, 2.24) is 0 Å². The van der Waals surface area contributed by atoms with Gasteiger partial charge in [0, 0.05) is 13.6 Å². The zero-order chi connectivity index (χ0) is 16.4. The molecular formula is C18H22N2O2S. The minimum atomic E-state index is -3.52. The summed E-state index contributed by atoms with van der Waals surface area (Å²) in [7, 11) is -1.54. The quantitative estimate of drug-likeness (QED) is 0.864. The van der Waals surface area contributed by atoms with Crippen LogP contribution in [0.15, 0.2) is 53.4 Å². The lowest BCUT2D eigenvalue weighted by Gasteiger charge is -2.36. The van der Waals surface area contributed by atoms with E-state index in [9.17, 15) is 8.42 Å². The molecule has 0 unspecified atom stereocenters. The Morgan fingerprint density at radius 3 is 2.26 bits per heavy atom. The molecule has 0 atom stereocenters. The number of fused-ring (bicyclic) bond motifs is 1. The van der Waals surface area contributed by atoms with Gasteiger partial charge in [-0.25, -0.2) is 8.42 Å². The summed E-state index contributed by atoms with van der Waals surface area (Å²) in [6.45, 7) is 3.27. The largest absolute Gasteiger partial charge is 0.371 e. The van der Waals surface area contributed by atoms with E-state index < -0.39 is 10.0 Å². The summed E-state index contributed by atoms with van der Waals surface area (Å²) in [5, 5.41) is 0. The van der Waals surface area contributed by atoms with E-state index in [-0.39, 0.29) is 0 Å². The first-order valence-electron chi connectivity index (χ1n) is 7.96. The average molecular weight is 330 g/mol. The van der Waals surface area contributed by atoms with Crippen molar-refractivity contribution in [1.29, 1.82) is 0 Å². The van der Waals surface area contributed by atoms with E-state index in [0.29, 0.717) is 18.0 Å². The molecule has 4 nitrogen and oxygen atoms in total. The second kappa shape index (κ2) is 6.24. The highest BCUT2D eigenvalue weighted by molar-refractivity contribution is 7.92. The molecule has 1 aliphatic heterocycles. The molecule has 2 aromatic carbocycles. The lowest BCUT2D eigenvalue weighted by atomic mass is 10.1. The van der Waals surface area contributed by atoms with Crippen LogP contribution in [-0.4, -0.2) is 28.6 Å². The summed E-state index contributed by atoms with van der Waals surface area (Å²) < 4.78 is 27.6. The second-order valence-corrected chi connectivity index (χ2v) is 7.74. The van der Waals surface area contributed by atoms with Gasteiger partial charge in [-0.05, 0) is 36.2 Å². The summed E-state index contributed by atoms with van der Waals surface area (Å²) in [6.07, 6.45) is 2.02. The summed E-state index contributed by atoms with van der Waals surface area (Å²) in [5.74, 6) is 0. The number of rotatable bonds is 4. The van der Waals surface area contributed by atoms with Crippen LogP contribution in [0, 0.1) is 0 Å². The van der Waals surface area contributed by atoms with Crippen molar-refractivity contribution in [2.24, 2.45) is 0 Å². The fourth-order valence-corrected chi connectivity index (χ4v) is 4.44. The Bertz CT molecular complexity index is 785. The summed E-state index contributed by atoms with van der Waals surface area (Å²) in [5.41, 5.74) is 2.87. The molecular weight excluding hydrogens is 308 g/mol. The molecule has 23 heavy (non-hydrogen) atoms. The number of benzene rings is 2. The van der Waals surface area contributed by atoms with Gasteiger partial charge in [-0.15, -0.1) is 0 Å². The molecule has 1 aliphatic rings. The summed E-state index contributed by atoms with van der Waals surface area (Å²) in [6, 6.07) is 14.9. The van der Waals surface area contributed by atoms with Crippen LogP contribution in [0.5, 0.6) is 0 Å². The lowest BCUT2D eigenvalue weighted by Crippen LogP contribution is -2.42. The molecule has 0 aliphatic carbocycles. The van der Waals surface area contributed by atoms with Gasteiger partial charge in [0.1, 0.15) is 0 Å². The zero-order valence-corrected chi connectivity index (χ0v) is 14.4. The molecule has 0 aromatic heterocycles. The van der Waals surface area contributed by atoms with Gasteiger partial charge in [0.2, 0.25) is 0 Å². The van der Waals surface area contributed by atoms with Crippen LogP contribution in [0.4, 0.5) is 11.4 Å². The highest BCUT2D eigenvalue weighted by Gasteiger charge is 2.30. The van der Waals surface area contributed by atoms with Crippen molar-refractivity contribution in [2.75, 3.05) is 29.3 Å². The van der Waals surface area contributed by atoms with Crippen molar-refractivity contribution in [3.63, 3.8) is 0 Å². The number of anilines is 2. The predicted molar refractivity (Wildman–Crippen MR) is 94.7 cm³/mol. The van der Waals surface area contributed by atoms with Gasteiger partial charge < -0.3 is 4.90 Å². The van der Waals surface area contributed by atoms with Crippen molar-refractivity contribution in [2.45, 2.75) is 24.7 Å². The molecule has 0 radical (unpaired) electrons. The minimum Gasteiger partial charge on any atom is -0.371 e. The topological polar surface area (TPSA) is 40.6 Å². The van der Waals surface area contributed by atoms with E-state index in [0.717, 1.165) is 24.2 Å². The maximum absolute atomic E-state index is 13.0. The van der Waals surface area contributed by atoms with Gasteiger partial charge in [-0.2, -0.15) is 0 Å². The van der Waals surface area contributed by atoms with Crippen molar-refractivity contribution >= 4 is 21.4 Å². The number of hydrogen-bond acceptors (Lipinski definition) is 3. The molecule has 1 heterocycles. The fraction of sp³-hybridized carbons (Fsp3) is 0.333. The Labute approximate surface area is 138 Å². The normalized spacial score (nSPS) is 14.7. The maximum atomic E-state index is 13.0. The van der Waals surface area contributed by atoms with Crippen LogP contribution in [0.3, 0.4) is 0 Å². The highest BCUT2D eigenvalue weighted by Crippen LogP contribution is 2.35. The Kier molecular flexibility index (Phi) is 4.31. The summed E-state index contributed by atoms with van der Waals surface area (Å²) in [4.78, 5) is 2.45. The number of hydrogen-bond donors (Lipinski definition) is 0. The molecule has 0 saturated carbocycles. The molecule has 0 fully saturated rings. The number of para-hydroxylation sites is 2. The standard InChI is InChI=1S/C18H22N2O2S/c1-3-6-15-9-11-16(12-10-15)23(21,22)20-14-13-19(2)17-7-4-5-8-18(17)20/h4-5,7-12H,3,6,13-14H2,1-2H3. The molecule has 5 heteroatoms. The Morgan fingerprint density at radius 1 is 0.957 bits per heavy atom. The number of likely N-dealkylation sites (N-methyl/N-ethyl adjacent to an activating group) is 1. The highest BCUT2D eigenvalue weighted by atomic mass is 32.2. The van der Waals surface area contributed by atoms with Gasteiger partial charge in [-0.3, -0.25) is 4.31 Å². The van der Waals surface area contributed by atoms with Crippen molar-refractivity contribution in [3.05, 3.63) is 54.1 Å². The van der Waals surface area contributed by atoms with Crippen LogP contribution < -0.4 is 9.21 Å². The van der Waals surface area contributed by atoms with E-state index in [4.69, 9.17) is 0 Å². The first-order valence-corrected chi connectivity index (χ1v) is 9.40. The minimum absolute atomic E-state index is 0.358. The Morgan fingerprint density at radius 2 is 1.61 bits per heavy atom. The molecule has 0 amide bonds. The second-order valence-electron chi connectivity index (χ2n) is 5.88. The van der Waals surface area contributed by atoms with E-state index in [1.807, 2.05) is 43.4 Å². The van der Waals surface area contributed by atoms with Crippen LogP contribution in [0.2, 0.25) is 0 Å². The first-order chi connectivity index (χ1) is 11.0. The van der Waals surface area contributed by atoms with Gasteiger partial charge in [-0.1, -0.05) is 37.6 Å². The van der Waals surface area contributed by atoms with E-state index in [1.54, 1.807) is 12.1 Å². The lowest BCUT2D eigenvalue weighted by molar-refractivity contribution is 0.589. The van der Waals surface area contributed by atoms with Gasteiger partial charge in [0.15, 0.2) is 0 Å². The third-order valence-corrected chi connectivity index (χ3v) is 6.08. The monoisotopic (exact) mass is 330 g/mol. The van der Waals surface area contributed by atoms with Gasteiger partial charge >= 0.3 is 0 Å². The van der Waals surface area contributed by atoms with Crippen LogP contribution in [-0.2, 0) is 16.4 Å². The van der Waals surface area contributed by atoms with Gasteiger partial charge in [0.25, 0.3) is 10.0 Å². The molecule has 2 aromatic rings. The third-order valence-electron chi connectivity index (χ3n) is 4.25. The Hall–Kier alpha value is -2.01. The van der Waals surface area contributed by atoms with Crippen molar-refractivity contribution in [3.8, 4) is 0 Å². The van der Waals surface area contributed by atoms with Crippen LogP contribution >= 0.6 is 0 Å². The zero-order valence-electron chi connectivity index (χ0n) is 13.6. The number of nitrogens with zero attached hydrogens (tertiary/aromatic N) is 2. The maximum Gasteiger partial charge on any atom is 0.264 e. The Balaban J connectivity index is 1.98. The molecule has 0 saturated heterocycles. The van der Waals surface area contributed by atoms with Crippen molar-refractivity contribution < 1.29 is 8.42 Å². The molecule has 0 spiro atoms. The van der Waals surface area contributed by atoms with Gasteiger partial charge in [0.05, 0.1) is 22.8 Å². The summed E-state index contributed by atoms with van der Waals surface area (Å²) >= 11 is 0. The van der Waals surface area contributed by atoms with Crippen LogP contribution in [0.25, 0.3) is 0 Å². The van der Waals surface area contributed by atoms with E-state index >= 15 is 0 Å². The molecule has 0 N–H and O–H groups in total. The molecule has 122 valence electrons. The molecule has 0 bridgehead atoms. The fourth-order valence-electron chi connectivity index (χ4n) is 2.97. The average Bonchev–Trinajstić information content (AvgIpc) is 2.56. The van der Waals surface area contributed by atoms with E-state index in [1.165, 1.54) is 9.87 Å². The first kappa shape index (κ1) is 15.9. The van der Waals surface area contributed by atoms with E-state index in [2.05, 4.69) is 11.8 Å². The van der Waals surface area contributed by atoms with Crippen LogP contribution in [0.1, 0.15) is 18.9 Å². The number of aryl methyl sites for hydroxylation is 1. The predicted octanol–water partition coefficient (Wildman–Crippen LogP) is 3.28.